The molecule has 3 rings (SSSR count). The van der Waals surface area contributed by atoms with Crippen LogP contribution in [0.2, 0.25) is 0 Å². The van der Waals surface area contributed by atoms with Crippen LogP contribution in [0.15, 0.2) is 29.3 Å². The lowest BCUT2D eigenvalue weighted by molar-refractivity contribution is 0.0203. The second-order valence-electron chi connectivity index (χ2n) is 7.10. The molecule has 144 valence electrons. The van der Waals surface area contributed by atoms with Gasteiger partial charge in [-0.2, -0.15) is 0 Å². The average Bonchev–Trinajstić information content (AvgIpc) is 3.43. The van der Waals surface area contributed by atoms with Gasteiger partial charge in [0.1, 0.15) is 5.82 Å². The molecule has 1 aromatic carbocycles. The van der Waals surface area contributed by atoms with Crippen molar-refractivity contribution in [3.63, 3.8) is 0 Å². The summed E-state index contributed by atoms with van der Waals surface area (Å²) in [6.07, 6.45) is 4.10. The summed E-state index contributed by atoms with van der Waals surface area (Å²) >= 11 is 0. The van der Waals surface area contributed by atoms with Crippen LogP contribution in [0.3, 0.4) is 0 Å². The lowest BCUT2D eigenvalue weighted by Gasteiger charge is -2.21. The van der Waals surface area contributed by atoms with Gasteiger partial charge in [-0.3, -0.25) is 4.99 Å². The molecule has 2 N–H and O–H groups in total. The van der Waals surface area contributed by atoms with E-state index in [-0.39, 0.29) is 17.8 Å². The second-order valence-corrected chi connectivity index (χ2v) is 7.10. The molecular formula is C20H30FN3O2. The lowest BCUT2D eigenvalue weighted by Crippen LogP contribution is -2.39. The Bertz CT molecular complexity index is 590. The summed E-state index contributed by atoms with van der Waals surface area (Å²) in [4.78, 5) is 4.26. The lowest BCUT2D eigenvalue weighted by atomic mass is 10.0. The molecule has 2 fully saturated rings. The SMILES string of the molecule is CN=C(NCCCOCC1CCOCC1)NC1CC1c1ccccc1F. The van der Waals surface area contributed by atoms with Crippen molar-refractivity contribution in [2.45, 2.75) is 37.6 Å². The first kappa shape index (κ1) is 19.1. The molecule has 5 nitrogen and oxygen atoms in total. The molecule has 0 amide bonds. The third-order valence-electron chi connectivity index (χ3n) is 5.09. The van der Waals surface area contributed by atoms with Gasteiger partial charge in [0.05, 0.1) is 0 Å². The van der Waals surface area contributed by atoms with Crippen LogP contribution in [-0.4, -0.2) is 52.0 Å². The summed E-state index contributed by atoms with van der Waals surface area (Å²) in [5, 5.41) is 6.69. The molecule has 0 radical (unpaired) electrons. The first-order valence-corrected chi connectivity index (χ1v) is 9.65. The Labute approximate surface area is 155 Å². The molecule has 1 aromatic rings. The number of benzene rings is 1. The van der Waals surface area contributed by atoms with E-state index in [0.717, 1.165) is 70.2 Å². The van der Waals surface area contributed by atoms with E-state index < -0.39 is 0 Å². The highest BCUT2D eigenvalue weighted by atomic mass is 19.1. The fraction of sp³-hybridized carbons (Fsp3) is 0.650. The van der Waals surface area contributed by atoms with Crippen LogP contribution < -0.4 is 10.6 Å². The normalized spacial score (nSPS) is 23.7. The van der Waals surface area contributed by atoms with Crippen LogP contribution >= 0.6 is 0 Å². The van der Waals surface area contributed by atoms with Crippen molar-refractivity contribution < 1.29 is 13.9 Å². The Kier molecular flexibility index (Phi) is 7.26. The van der Waals surface area contributed by atoms with E-state index in [9.17, 15) is 4.39 Å². The highest BCUT2D eigenvalue weighted by Gasteiger charge is 2.40. The molecule has 1 aliphatic carbocycles. The topological polar surface area (TPSA) is 54.9 Å². The van der Waals surface area contributed by atoms with Crippen molar-refractivity contribution in [3.05, 3.63) is 35.6 Å². The number of hydrogen-bond acceptors (Lipinski definition) is 3. The third kappa shape index (κ3) is 5.68. The van der Waals surface area contributed by atoms with Gasteiger partial charge in [-0.05, 0) is 43.2 Å². The molecule has 26 heavy (non-hydrogen) atoms. The minimum absolute atomic E-state index is 0.119. The van der Waals surface area contributed by atoms with Crippen molar-refractivity contribution in [2.75, 3.05) is 40.0 Å². The van der Waals surface area contributed by atoms with E-state index in [2.05, 4.69) is 15.6 Å². The van der Waals surface area contributed by atoms with Crippen molar-refractivity contribution in [1.29, 1.82) is 0 Å². The van der Waals surface area contributed by atoms with Gasteiger partial charge < -0.3 is 20.1 Å². The Morgan fingerprint density at radius 2 is 2.12 bits per heavy atom. The van der Waals surface area contributed by atoms with Gasteiger partial charge in [0.2, 0.25) is 0 Å². The van der Waals surface area contributed by atoms with Gasteiger partial charge in [-0.15, -0.1) is 0 Å². The maximum absolute atomic E-state index is 13.8. The summed E-state index contributed by atoms with van der Waals surface area (Å²) in [5.41, 5.74) is 0.793. The molecular weight excluding hydrogens is 333 g/mol. The monoisotopic (exact) mass is 363 g/mol. The summed E-state index contributed by atoms with van der Waals surface area (Å²) in [6, 6.07) is 7.27. The molecule has 1 heterocycles. The molecule has 6 heteroatoms. The summed E-state index contributed by atoms with van der Waals surface area (Å²) in [7, 11) is 1.76. The Morgan fingerprint density at radius 1 is 1.31 bits per heavy atom. The van der Waals surface area contributed by atoms with Gasteiger partial charge in [-0.25, -0.2) is 4.39 Å². The van der Waals surface area contributed by atoms with Crippen LogP contribution in [0, 0.1) is 11.7 Å². The van der Waals surface area contributed by atoms with Crippen LogP contribution in [0.25, 0.3) is 0 Å². The number of hydrogen-bond donors (Lipinski definition) is 2. The van der Waals surface area contributed by atoms with E-state index in [0.29, 0.717) is 5.92 Å². The number of guanidine groups is 1. The fourth-order valence-electron chi connectivity index (χ4n) is 3.39. The zero-order valence-electron chi connectivity index (χ0n) is 15.5. The van der Waals surface area contributed by atoms with Crippen molar-refractivity contribution in [1.82, 2.24) is 10.6 Å². The fourth-order valence-corrected chi connectivity index (χ4v) is 3.39. The molecule has 0 bridgehead atoms. The predicted molar refractivity (Wildman–Crippen MR) is 101 cm³/mol. The summed E-state index contributed by atoms with van der Waals surface area (Å²) in [6.45, 7) is 4.13. The molecule has 2 atom stereocenters. The van der Waals surface area contributed by atoms with Crippen LogP contribution in [0.4, 0.5) is 4.39 Å². The van der Waals surface area contributed by atoms with Gasteiger partial charge in [0.15, 0.2) is 5.96 Å². The van der Waals surface area contributed by atoms with E-state index in [4.69, 9.17) is 9.47 Å². The van der Waals surface area contributed by atoms with Gasteiger partial charge >= 0.3 is 0 Å². The zero-order valence-corrected chi connectivity index (χ0v) is 15.5. The minimum Gasteiger partial charge on any atom is -0.381 e. The molecule has 1 aliphatic heterocycles. The Balaban J connectivity index is 1.28. The van der Waals surface area contributed by atoms with Crippen molar-refractivity contribution in [3.8, 4) is 0 Å². The van der Waals surface area contributed by atoms with Gasteiger partial charge in [0, 0.05) is 52.0 Å². The second kappa shape index (κ2) is 9.88. The van der Waals surface area contributed by atoms with E-state index in [1.165, 1.54) is 6.07 Å². The smallest absolute Gasteiger partial charge is 0.191 e. The number of rotatable bonds is 8. The van der Waals surface area contributed by atoms with Crippen LogP contribution in [0.1, 0.15) is 37.2 Å². The Morgan fingerprint density at radius 3 is 2.88 bits per heavy atom. The molecule has 0 aromatic heterocycles. The molecule has 1 saturated carbocycles. The maximum atomic E-state index is 13.8. The molecule has 0 spiro atoms. The van der Waals surface area contributed by atoms with Crippen LogP contribution in [0.5, 0.6) is 0 Å². The quantitative estimate of drug-likeness (QED) is 0.424. The van der Waals surface area contributed by atoms with Gasteiger partial charge in [-0.1, -0.05) is 18.2 Å². The van der Waals surface area contributed by atoms with Crippen molar-refractivity contribution in [2.24, 2.45) is 10.9 Å². The number of nitrogens with one attached hydrogen (secondary N) is 2. The molecule has 2 aliphatic rings. The first-order chi connectivity index (χ1) is 12.8. The number of aliphatic imine (C=N–C) groups is 1. The standard InChI is InChI=1S/C20H30FN3O2/c1-22-20(23-9-4-10-26-14-15-7-11-25-12-8-15)24-19-13-17(19)16-5-2-3-6-18(16)21/h2-3,5-6,15,17,19H,4,7-14H2,1H3,(H2,22,23,24). The summed E-state index contributed by atoms with van der Waals surface area (Å²) < 4.78 is 25.0. The largest absolute Gasteiger partial charge is 0.381 e. The van der Waals surface area contributed by atoms with Gasteiger partial charge in [0.25, 0.3) is 0 Å². The number of ether oxygens (including phenoxy) is 2. The molecule has 2 unspecified atom stereocenters. The maximum Gasteiger partial charge on any atom is 0.191 e. The number of halogens is 1. The highest BCUT2D eigenvalue weighted by molar-refractivity contribution is 5.80. The zero-order chi connectivity index (χ0) is 18.2. The summed E-state index contributed by atoms with van der Waals surface area (Å²) in [5.74, 6) is 1.54. The molecule has 1 saturated heterocycles. The van der Waals surface area contributed by atoms with E-state index in [1.54, 1.807) is 13.1 Å². The highest BCUT2D eigenvalue weighted by Crippen LogP contribution is 2.41. The third-order valence-corrected chi connectivity index (χ3v) is 5.09. The first-order valence-electron chi connectivity index (χ1n) is 9.65. The minimum atomic E-state index is -0.119. The van der Waals surface area contributed by atoms with E-state index >= 15 is 0 Å². The Hall–Kier alpha value is -1.66. The van der Waals surface area contributed by atoms with E-state index in [1.807, 2.05) is 12.1 Å². The van der Waals surface area contributed by atoms with Crippen LogP contribution in [-0.2, 0) is 9.47 Å². The van der Waals surface area contributed by atoms with Crippen molar-refractivity contribution >= 4 is 5.96 Å². The number of nitrogens with zero attached hydrogens (tertiary/aromatic N) is 1. The predicted octanol–water partition coefficient (Wildman–Crippen LogP) is 2.68. The average molecular weight is 363 g/mol.